The lowest BCUT2D eigenvalue weighted by Crippen LogP contribution is -2.35. The van der Waals surface area contributed by atoms with Crippen LogP contribution in [0.4, 0.5) is 0 Å². The smallest absolute Gasteiger partial charge is 0.329 e. The molecule has 0 aromatic heterocycles. The first-order chi connectivity index (χ1) is 7.00. The molecule has 1 fully saturated rings. The molecule has 0 aromatic rings. The molecule has 0 bridgehead atoms. The zero-order chi connectivity index (χ0) is 11.4. The van der Waals surface area contributed by atoms with Gasteiger partial charge in [-0.1, -0.05) is 27.2 Å². The van der Waals surface area contributed by atoms with E-state index in [1.807, 2.05) is 0 Å². The van der Waals surface area contributed by atoms with Crippen LogP contribution in [-0.2, 0) is 9.53 Å². The van der Waals surface area contributed by atoms with E-state index in [0.717, 1.165) is 6.42 Å². The van der Waals surface area contributed by atoms with Crippen molar-refractivity contribution in [2.24, 2.45) is 17.8 Å². The third kappa shape index (κ3) is 3.82. The van der Waals surface area contributed by atoms with Gasteiger partial charge in [0.2, 0.25) is 0 Å². The molecule has 3 nitrogen and oxygen atoms in total. The van der Waals surface area contributed by atoms with E-state index in [2.05, 4.69) is 20.8 Å². The van der Waals surface area contributed by atoms with Crippen LogP contribution in [0.3, 0.4) is 0 Å². The van der Waals surface area contributed by atoms with Crippen molar-refractivity contribution < 1.29 is 14.6 Å². The molecule has 88 valence electrons. The van der Waals surface area contributed by atoms with Crippen molar-refractivity contribution in [2.75, 3.05) is 6.61 Å². The zero-order valence-electron chi connectivity index (χ0n) is 9.90. The van der Waals surface area contributed by atoms with Gasteiger partial charge < -0.3 is 9.84 Å². The van der Waals surface area contributed by atoms with E-state index in [0.29, 0.717) is 17.8 Å². The van der Waals surface area contributed by atoms with Crippen molar-refractivity contribution in [3.05, 3.63) is 0 Å². The molecule has 0 amide bonds. The van der Waals surface area contributed by atoms with Gasteiger partial charge in [0, 0.05) is 0 Å². The Labute approximate surface area is 91.8 Å². The Balaban J connectivity index is 2.50. The first kappa shape index (κ1) is 12.5. The Morgan fingerprint density at radius 2 is 2.13 bits per heavy atom. The Morgan fingerprint density at radius 3 is 2.67 bits per heavy atom. The normalized spacial score (nSPS) is 31.9. The average Bonchev–Trinajstić information content (AvgIpc) is 2.14. The summed E-state index contributed by atoms with van der Waals surface area (Å²) in [5.41, 5.74) is 0. The summed E-state index contributed by atoms with van der Waals surface area (Å²) in [6.45, 7) is 6.45. The number of carboxylic acids is 1. The van der Waals surface area contributed by atoms with Gasteiger partial charge in [0.05, 0.1) is 6.10 Å². The van der Waals surface area contributed by atoms with Crippen LogP contribution < -0.4 is 0 Å². The highest BCUT2D eigenvalue weighted by Gasteiger charge is 2.31. The highest BCUT2D eigenvalue weighted by atomic mass is 16.5. The summed E-state index contributed by atoms with van der Waals surface area (Å²) < 4.78 is 5.49. The summed E-state index contributed by atoms with van der Waals surface area (Å²) in [4.78, 5) is 10.5. The van der Waals surface area contributed by atoms with Crippen LogP contribution in [0.15, 0.2) is 0 Å². The number of hydrogen-bond donors (Lipinski definition) is 1. The first-order valence-corrected chi connectivity index (χ1v) is 5.84. The Bertz CT molecular complexity index is 213. The van der Waals surface area contributed by atoms with Crippen LogP contribution in [0.1, 0.15) is 40.0 Å². The molecule has 0 saturated heterocycles. The maximum Gasteiger partial charge on any atom is 0.329 e. The van der Waals surface area contributed by atoms with Gasteiger partial charge in [0.15, 0.2) is 0 Å². The fraction of sp³-hybridized carbons (Fsp3) is 0.917. The van der Waals surface area contributed by atoms with Gasteiger partial charge in [-0.05, 0) is 30.6 Å². The molecule has 15 heavy (non-hydrogen) atoms. The predicted molar refractivity (Wildman–Crippen MR) is 58.7 cm³/mol. The number of rotatable bonds is 4. The Kier molecular flexibility index (Phi) is 4.58. The summed E-state index contributed by atoms with van der Waals surface area (Å²) in [6, 6.07) is 0. The molecule has 3 heteroatoms. The minimum atomic E-state index is -0.865. The van der Waals surface area contributed by atoms with Crippen molar-refractivity contribution in [1.29, 1.82) is 0 Å². The van der Waals surface area contributed by atoms with E-state index in [-0.39, 0.29) is 12.7 Å². The van der Waals surface area contributed by atoms with E-state index >= 15 is 0 Å². The van der Waals surface area contributed by atoms with Gasteiger partial charge in [-0.2, -0.15) is 0 Å². The SMILES string of the molecule is CC(C)[C@H]1CC[C@H](C)C[C@H]1OCC(=O)O. The average molecular weight is 214 g/mol. The standard InChI is InChI=1S/C12H22O3/c1-8(2)10-5-4-9(3)6-11(10)15-7-12(13)14/h8-11H,4-7H2,1-3H3,(H,13,14)/t9-,10+,11+/m0/s1. The second kappa shape index (κ2) is 5.50. The van der Waals surface area contributed by atoms with E-state index in [1.165, 1.54) is 12.8 Å². The second-order valence-electron chi connectivity index (χ2n) is 5.07. The van der Waals surface area contributed by atoms with Crippen LogP contribution in [0, 0.1) is 17.8 Å². The molecule has 0 radical (unpaired) electrons. The number of carbonyl (C=O) groups is 1. The summed E-state index contributed by atoms with van der Waals surface area (Å²) >= 11 is 0. The Hall–Kier alpha value is -0.570. The topological polar surface area (TPSA) is 46.5 Å². The third-order valence-electron chi connectivity index (χ3n) is 3.38. The van der Waals surface area contributed by atoms with E-state index < -0.39 is 5.97 Å². The van der Waals surface area contributed by atoms with Crippen molar-refractivity contribution >= 4 is 5.97 Å². The fourth-order valence-corrected chi connectivity index (χ4v) is 2.48. The third-order valence-corrected chi connectivity index (χ3v) is 3.38. The zero-order valence-corrected chi connectivity index (χ0v) is 9.90. The van der Waals surface area contributed by atoms with Crippen molar-refractivity contribution in [2.45, 2.75) is 46.1 Å². The van der Waals surface area contributed by atoms with Crippen molar-refractivity contribution in [3.8, 4) is 0 Å². The highest BCUT2D eigenvalue weighted by molar-refractivity contribution is 5.68. The molecule has 0 spiro atoms. The van der Waals surface area contributed by atoms with Crippen LogP contribution >= 0.6 is 0 Å². The van der Waals surface area contributed by atoms with Crippen LogP contribution in [0.25, 0.3) is 0 Å². The fourth-order valence-electron chi connectivity index (χ4n) is 2.48. The van der Waals surface area contributed by atoms with Crippen LogP contribution in [0.5, 0.6) is 0 Å². The molecule has 1 aliphatic carbocycles. The number of ether oxygens (including phenoxy) is 1. The quantitative estimate of drug-likeness (QED) is 0.782. The molecule has 1 aliphatic rings. The number of aliphatic carboxylic acids is 1. The predicted octanol–water partition coefficient (Wildman–Crippen LogP) is 2.55. The lowest BCUT2D eigenvalue weighted by Gasteiger charge is -2.36. The molecule has 0 unspecified atom stereocenters. The lowest BCUT2D eigenvalue weighted by molar-refractivity contribution is -0.147. The van der Waals surface area contributed by atoms with Crippen LogP contribution in [-0.4, -0.2) is 23.8 Å². The van der Waals surface area contributed by atoms with Gasteiger partial charge in [-0.3, -0.25) is 0 Å². The first-order valence-electron chi connectivity index (χ1n) is 5.84. The molecule has 3 atom stereocenters. The summed E-state index contributed by atoms with van der Waals surface area (Å²) in [7, 11) is 0. The molecular weight excluding hydrogens is 192 g/mol. The molecule has 1 N–H and O–H groups in total. The molecule has 0 heterocycles. The van der Waals surface area contributed by atoms with Crippen molar-refractivity contribution in [3.63, 3.8) is 0 Å². The maximum absolute atomic E-state index is 10.5. The van der Waals surface area contributed by atoms with Crippen molar-refractivity contribution in [1.82, 2.24) is 0 Å². The van der Waals surface area contributed by atoms with Gasteiger partial charge in [-0.15, -0.1) is 0 Å². The second-order valence-corrected chi connectivity index (χ2v) is 5.07. The summed E-state index contributed by atoms with van der Waals surface area (Å²) in [5, 5.41) is 8.61. The van der Waals surface area contributed by atoms with Gasteiger partial charge in [-0.25, -0.2) is 4.79 Å². The minimum Gasteiger partial charge on any atom is -0.480 e. The minimum absolute atomic E-state index is 0.143. The molecule has 1 saturated carbocycles. The Morgan fingerprint density at radius 1 is 1.47 bits per heavy atom. The summed E-state index contributed by atoms with van der Waals surface area (Å²) in [6.07, 6.45) is 3.57. The lowest BCUT2D eigenvalue weighted by atomic mass is 9.75. The van der Waals surface area contributed by atoms with Gasteiger partial charge in [0.1, 0.15) is 6.61 Å². The van der Waals surface area contributed by atoms with E-state index in [4.69, 9.17) is 9.84 Å². The number of carboxylic acid groups (broad SMARTS) is 1. The molecule has 0 aliphatic heterocycles. The highest BCUT2D eigenvalue weighted by Crippen LogP contribution is 2.35. The van der Waals surface area contributed by atoms with Crippen LogP contribution in [0.2, 0.25) is 0 Å². The molecular formula is C12H22O3. The number of hydrogen-bond acceptors (Lipinski definition) is 2. The van der Waals surface area contributed by atoms with Gasteiger partial charge in [0.25, 0.3) is 0 Å². The van der Waals surface area contributed by atoms with E-state index in [1.54, 1.807) is 0 Å². The maximum atomic E-state index is 10.5. The summed E-state index contributed by atoms with van der Waals surface area (Å²) in [5.74, 6) is 0.909. The van der Waals surface area contributed by atoms with Gasteiger partial charge >= 0.3 is 5.97 Å². The molecule has 1 rings (SSSR count). The monoisotopic (exact) mass is 214 g/mol. The largest absolute Gasteiger partial charge is 0.480 e. The van der Waals surface area contributed by atoms with E-state index in [9.17, 15) is 4.79 Å². The molecule has 0 aromatic carbocycles.